The molecule has 1 aliphatic rings. The minimum absolute atomic E-state index is 0.0560. The summed E-state index contributed by atoms with van der Waals surface area (Å²) in [7, 11) is 1.75. The molecule has 0 radical (unpaired) electrons. The number of carbonyl (C=O) groups excluding carboxylic acids is 1. The van der Waals surface area contributed by atoms with Crippen LogP contribution in [0.4, 0.5) is 5.69 Å². The fourth-order valence-electron chi connectivity index (χ4n) is 2.96. The van der Waals surface area contributed by atoms with Gasteiger partial charge >= 0.3 is 0 Å². The van der Waals surface area contributed by atoms with E-state index >= 15 is 0 Å². The molecular weight excluding hydrogens is 346 g/mol. The zero-order valence-electron chi connectivity index (χ0n) is 15.2. The first kappa shape index (κ1) is 18.4. The Morgan fingerprint density at radius 3 is 2.88 bits per heavy atom. The number of aliphatic imine (C=N–C) groups is 1. The molecule has 1 amide bonds. The molecule has 1 aliphatic heterocycles. The van der Waals surface area contributed by atoms with E-state index in [9.17, 15) is 4.79 Å². The number of thiazole rings is 1. The predicted molar refractivity (Wildman–Crippen MR) is 107 cm³/mol. The zero-order chi connectivity index (χ0) is 18.4. The van der Waals surface area contributed by atoms with Gasteiger partial charge in [0, 0.05) is 49.7 Å². The third-order valence-electron chi connectivity index (χ3n) is 4.34. The van der Waals surface area contributed by atoms with Gasteiger partial charge in [0.2, 0.25) is 5.91 Å². The number of guanidine groups is 1. The van der Waals surface area contributed by atoms with E-state index in [0.29, 0.717) is 13.0 Å². The van der Waals surface area contributed by atoms with Crippen molar-refractivity contribution in [1.82, 2.24) is 15.6 Å². The van der Waals surface area contributed by atoms with Gasteiger partial charge in [0.05, 0.1) is 11.0 Å². The molecule has 6 nitrogen and oxygen atoms in total. The summed E-state index contributed by atoms with van der Waals surface area (Å²) in [6.45, 7) is 3.55. The van der Waals surface area contributed by atoms with Gasteiger partial charge in [-0.1, -0.05) is 25.1 Å². The topological polar surface area (TPSA) is 69.6 Å². The highest BCUT2D eigenvalue weighted by molar-refractivity contribution is 7.11. The van der Waals surface area contributed by atoms with Crippen LogP contribution in [-0.2, 0) is 17.6 Å². The van der Waals surface area contributed by atoms with Crippen molar-refractivity contribution in [2.75, 3.05) is 25.0 Å². The number of aryl methyl sites for hydroxylation is 1. The summed E-state index contributed by atoms with van der Waals surface area (Å²) in [5.41, 5.74) is 0.945. The molecular formula is C19H25N5OS. The molecule has 2 N–H and O–H groups in total. The van der Waals surface area contributed by atoms with Crippen molar-refractivity contribution < 1.29 is 4.79 Å². The Morgan fingerprint density at radius 2 is 2.19 bits per heavy atom. The van der Waals surface area contributed by atoms with Gasteiger partial charge in [-0.3, -0.25) is 9.79 Å². The Balaban J connectivity index is 1.48. The van der Waals surface area contributed by atoms with Crippen LogP contribution in [0.2, 0.25) is 0 Å². The maximum absolute atomic E-state index is 12.3. The summed E-state index contributed by atoms with van der Waals surface area (Å²) in [5.74, 6) is 0.865. The third-order valence-corrected chi connectivity index (χ3v) is 5.54. The van der Waals surface area contributed by atoms with Crippen LogP contribution in [0.3, 0.4) is 0 Å². The number of nitrogens with one attached hydrogen (secondary N) is 2. The highest BCUT2D eigenvalue weighted by atomic mass is 32.1. The lowest BCUT2D eigenvalue weighted by molar-refractivity contribution is -0.117. The molecule has 1 fully saturated rings. The largest absolute Gasteiger partial charge is 0.356 e. The monoisotopic (exact) mass is 371 g/mol. The van der Waals surface area contributed by atoms with Gasteiger partial charge in [-0.25, -0.2) is 4.98 Å². The molecule has 26 heavy (non-hydrogen) atoms. The van der Waals surface area contributed by atoms with Crippen LogP contribution >= 0.6 is 11.3 Å². The van der Waals surface area contributed by atoms with Crippen LogP contribution in [0.15, 0.2) is 41.5 Å². The number of amides is 1. The fraction of sp³-hybridized carbons (Fsp3) is 0.421. The Morgan fingerprint density at radius 1 is 1.38 bits per heavy atom. The SMILES string of the molecule is CCc1cnc(CCNC(=NC)NC2CC(=O)N(c3ccccc3)C2)s1. The van der Waals surface area contributed by atoms with Crippen molar-refractivity contribution in [3.8, 4) is 0 Å². The number of para-hydroxylation sites is 1. The van der Waals surface area contributed by atoms with E-state index in [2.05, 4.69) is 27.5 Å². The lowest BCUT2D eigenvalue weighted by atomic mass is 10.2. The highest BCUT2D eigenvalue weighted by Gasteiger charge is 2.30. The third kappa shape index (κ3) is 4.60. The van der Waals surface area contributed by atoms with Gasteiger partial charge in [0.15, 0.2) is 5.96 Å². The Hall–Kier alpha value is -2.41. The van der Waals surface area contributed by atoms with Gasteiger partial charge in [0.25, 0.3) is 0 Å². The predicted octanol–water partition coefficient (Wildman–Crippen LogP) is 2.22. The molecule has 0 aliphatic carbocycles. The van der Waals surface area contributed by atoms with Crippen molar-refractivity contribution >= 4 is 28.9 Å². The van der Waals surface area contributed by atoms with E-state index in [0.717, 1.165) is 36.0 Å². The molecule has 0 saturated carbocycles. The first-order valence-corrected chi connectivity index (χ1v) is 9.77. The Bertz CT molecular complexity index is 758. The quantitative estimate of drug-likeness (QED) is 0.603. The molecule has 1 atom stereocenters. The normalized spacial score (nSPS) is 17.6. The van der Waals surface area contributed by atoms with Crippen LogP contribution in [-0.4, -0.2) is 43.0 Å². The Kier molecular flexibility index (Phi) is 6.22. The first-order valence-electron chi connectivity index (χ1n) is 8.95. The standard InChI is InChI=1S/C19H25N5OS/c1-3-16-12-22-17(26-16)9-10-21-19(20-2)23-14-11-18(25)24(13-14)15-7-5-4-6-8-15/h4-8,12,14H,3,9-11,13H2,1-2H3,(H2,20,21,23). The summed E-state index contributed by atoms with van der Waals surface area (Å²) >= 11 is 1.76. The van der Waals surface area contributed by atoms with Crippen molar-refractivity contribution in [1.29, 1.82) is 0 Å². The second-order valence-corrected chi connectivity index (χ2v) is 7.41. The van der Waals surface area contributed by atoms with Crippen LogP contribution in [0.25, 0.3) is 0 Å². The van der Waals surface area contributed by atoms with Gasteiger partial charge in [-0.2, -0.15) is 0 Å². The molecule has 138 valence electrons. The van der Waals surface area contributed by atoms with Crippen LogP contribution in [0, 0.1) is 0 Å². The second kappa shape index (κ2) is 8.80. The first-order chi connectivity index (χ1) is 12.7. The minimum atomic E-state index is 0.0560. The molecule has 0 spiro atoms. The molecule has 2 aromatic rings. The lowest BCUT2D eigenvalue weighted by Crippen LogP contribution is -2.45. The maximum atomic E-state index is 12.3. The summed E-state index contributed by atoms with van der Waals surface area (Å²) < 4.78 is 0. The summed E-state index contributed by atoms with van der Waals surface area (Å²) in [6.07, 6.45) is 4.32. The molecule has 0 bridgehead atoms. The van der Waals surface area contributed by atoms with Crippen LogP contribution in [0.1, 0.15) is 23.2 Å². The maximum Gasteiger partial charge on any atom is 0.229 e. The van der Waals surface area contributed by atoms with Gasteiger partial charge in [0.1, 0.15) is 0 Å². The van der Waals surface area contributed by atoms with E-state index in [1.165, 1.54) is 4.88 Å². The molecule has 2 heterocycles. The average molecular weight is 372 g/mol. The molecule has 1 aromatic heterocycles. The number of rotatable bonds is 6. The van der Waals surface area contributed by atoms with E-state index in [4.69, 9.17) is 0 Å². The number of hydrogen-bond acceptors (Lipinski definition) is 4. The van der Waals surface area contributed by atoms with Crippen molar-refractivity contribution in [2.24, 2.45) is 4.99 Å². The summed E-state index contributed by atoms with van der Waals surface area (Å²) in [5, 5.41) is 7.81. The van der Waals surface area contributed by atoms with Crippen molar-refractivity contribution in [3.63, 3.8) is 0 Å². The van der Waals surface area contributed by atoms with Gasteiger partial charge in [-0.05, 0) is 18.6 Å². The number of carbonyl (C=O) groups is 1. The second-order valence-electron chi connectivity index (χ2n) is 6.21. The van der Waals surface area contributed by atoms with Gasteiger partial charge < -0.3 is 15.5 Å². The molecule has 1 saturated heterocycles. The zero-order valence-corrected chi connectivity index (χ0v) is 16.1. The van der Waals surface area contributed by atoms with Crippen LogP contribution < -0.4 is 15.5 Å². The summed E-state index contributed by atoms with van der Waals surface area (Å²) in [4.78, 5) is 24.2. The molecule has 3 rings (SSSR count). The fourth-order valence-corrected chi connectivity index (χ4v) is 3.83. The van der Waals surface area contributed by atoms with E-state index in [-0.39, 0.29) is 11.9 Å². The minimum Gasteiger partial charge on any atom is -0.356 e. The summed E-state index contributed by atoms with van der Waals surface area (Å²) in [6, 6.07) is 9.84. The van der Waals surface area contributed by atoms with Crippen molar-refractivity contribution in [3.05, 3.63) is 46.4 Å². The van der Waals surface area contributed by atoms with E-state index in [1.807, 2.05) is 41.4 Å². The average Bonchev–Trinajstić information content (AvgIpc) is 3.27. The lowest BCUT2D eigenvalue weighted by Gasteiger charge is -2.18. The number of anilines is 1. The highest BCUT2D eigenvalue weighted by Crippen LogP contribution is 2.21. The smallest absolute Gasteiger partial charge is 0.229 e. The van der Waals surface area contributed by atoms with E-state index in [1.54, 1.807) is 18.4 Å². The van der Waals surface area contributed by atoms with Crippen LogP contribution in [0.5, 0.6) is 0 Å². The molecule has 1 aromatic carbocycles. The van der Waals surface area contributed by atoms with E-state index < -0.39 is 0 Å². The number of nitrogens with zero attached hydrogens (tertiary/aromatic N) is 3. The number of hydrogen-bond donors (Lipinski definition) is 2. The number of benzene rings is 1. The van der Waals surface area contributed by atoms with Gasteiger partial charge in [-0.15, -0.1) is 11.3 Å². The number of aromatic nitrogens is 1. The Labute approximate surface area is 158 Å². The molecule has 7 heteroatoms. The van der Waals surface area contributed by atoms with Crippen molar-refractivity contribution in [2.45, 2.75) is 32.2 Å². The molecule has 1 unspecified atom stereocenters.